The van der Waals surface area contributed by atoms with Crippen LogP contribution in [0, 0.1) is 5.92 Å². The number of β-amino-alcohol motifs (C(OH)–C–C–N with tert-alkyl or cyclic N) is 1. The summed E-state index contributed by atoms with van der Waals surface area (Å²) in [6.07, 6.45) is 6.95. The molecule has 1 aromatic carbocycles. The number of hydrogen-bond donors (Lipinski definition) is 2. The van der Waals surface area contributed by atoms with Crippen molar-refractivity contribution in [2.75, 3.05) is 26.7 Å². The lowest BCUT2D eigenvalue weighted by Crippen LogP contribution is -2.49. The molecule has 2 aromatic rings. The van der Waals surface area contributed by atoms with Gasteiger partial charge >= 0.3 is 5.76 Å². The number of carbonyl (C=O) groups excluding carboxylic acids is 1. The number of hydrogen-bond acceptors (Lipinski definition) is 5. The predicted molar refractivity (Wildman–Crippen MR) is 111 cm³/mol. The van der Waals surface area contributed by atoms with Crippen molar-refractivity contribution in [3.05, 3.63) is 34.3 Å². The van der Waals surface area contributed by atoms with Gasteiger partial charge in [-0.2, -0.15) is 0 Å². The number of nitrogens with zero attached hydrogens (tertiary/aromatic N) is 2. The van der Waals surface area contributed by atoms with Crippen LogP contribution >= 0.6 is 0 Å². The van der Waals surface area contributed by atoms with E-state index in [-0.39, 0.29) is 18.1 Å². The summed E-state index contributed by atoms with van der Waals surface area (Å²) in [5.41, 5.74) is 2.00. The van der Waals surface area contributed by atoms with Gasteiger partial charge in [-0.15, -0.1) is 0 Å². The quantitative estimate of drug-likeness (QED) is 0.774. The first-order chi connectivity index (χ1) is 14.0. The minimum atomic E-state index is -0.481. The number of aliphatic hydroxyl groups excluding tert-OH is 1. The molecule has 2 heterocycles. The molecule has 2 N–H and O–H groups in total. The van der Waals surface area contributed by atoms with Crippen molar-refractivity contribution in [2.45, 2.75) is 57.1 Å². The van der Waals surface area contributed by atoms with E-state index in [1.807, 2.05) is 24.1 Å². The molecule has 1 saturated carbocycles. The first-order valence-corrected chi connectivity index (χ1v) is 10.8. The highest BCUT2D eigenvalue weighted by atomic mass is 16.4. The van der Waals surface area contributed by atoms with Crippen molar-refractivity contribution >= 4 is 17.0 Å². The number of aromatic nitrogens is 1. The van der Waals surface area contributed by atoms with Crippen molar-refractivity contribution in [2.24, 2.45) is 5.92 Å². The molecule has 2 aliphatic rings. The number of rotatable bonds is 6. The largest absolute Gasteiger partial charge is 0.417 e. The molecule has 4 rings (SSSR count). The molecule has 1 unspecified atom stereocenters. The average Bonchev–Trinajstić information content (AvgIpc) is 3.30. The highest BCUT2D eigenvalue weighted by Gasteiger charge is 2.33. The molecule has 2 fully saturated rings. The Morgan fingerprint density at radius 2 is 2.10 bits per heavy atom. The number of nitrogens with one attached hydrogen (secondary N) is 1. The summed E-state index contributed by atoms with van der Waals surface area (Å²) >= 11 is 0. The minimum absolute atomic E-state index is 0.0884. The number of aliphatic hydroxyl groups is 1. The third-order valence-corrected chi connectivity index (χ3v) is 6.62. The van der Waals surface area contributed by atoms with Crippen molar-refractivity contribution in [1.82, 2.24) is 14.8 Å². The van der Waals surface area contributed by atoms with Crippen LogP contribution in [0.25, 0.3) is 11.1 Å². The van der Waals surface area contributed by atoms with Gasteiger partial charge in [0, 0.05) is 32.7 Å². The van der Waals surface area contributed by atoms with Gasteiger partial charge in [-0.05, 0) is 42.9 Å². The SMILES string of the molecule is CN(C(=O)Cc1ccc2oc(=O)[nH]c2c1)[C@H](CN1CCC(O)C1)C1CCCCC1. The van der Waals surface area contributed by atoms with Crippen molar-refractivity contribution in [1.29, 1.82) is 0 Å². The van der Waals surface area contributed by atoms with E-state index in [0.29, 0.717) is 30.0 Å². The third kappa shape index (κ3) is 4.73. The standard InChI is InChI=1S/C22H31N3O4/c1-24(21(27)12-15-7-8-20-18(11-15)23-22(28)29-20)19(16-5-3-2-4-6-16)14-25-10-9-17(26)13-25/h7-8,11,16-17,19,26H,2-6,9-10,12-14H2,1H3,(H,23,28)/t17?,19-/m1/s1. The number of H-pyrrole nitrogens is 1. The highest BCUT2D eigenvalue weighted by Crippen LogP contribution is 2.30. The van der Waals surface area contributed by atoms with Gasteiger partial charge in [-0.1, -0.05) is 25.3 Å². The van der Waals surface area contributed by atoms with Gasteiger partial charge in [0.15, 0.2) is 5.58 Å². The second-order valence-corrected chi connectivity index (χ2v) is 8.69. The molecule has 1 aliphatic heterocycles. The summed E-state index contributed by atoms with van der Waals surface area (Å²) < 4.78 is 5.04. The molecule has 1 saturated heterocycles. The van der Waals surface area contributed by atoms with Gasteiger partial charge in [0.05, 0.1) is 18.0 Å². The maximum absolute atomic E-state index is 13.1. The Hall–Kier alpha value is -2.12. The molecule has 0 bridgehead atoms. The molecule has 7 nitrogen and oxygen atoms in total. The van der Waals surface area contributed by atoms with Crippen molar-refractivity contribution in [3.8, 4) is 0 Å². The Morgan fingerprint density at radius 3 is 2.83 bits per heavy atom. The van der Waals surface area contributed by atoms with E-state index in [1.54, 1.807) is 6.07 Å². The third-order valence-electron chi connectivity index (χ3n) is 6.62. The van der Waals surface area contributed by atoms with E-state index in [1.165, 1.54) is 32.1 Å². The van der Waals surface area contributed by atoms with E-state index in [0.717, 1.165) is 25.1 Å². The molecule has 0 spiro atoms. The summed E-state index contributed by atoms with van der Waals surface area (Å²) in [6.45, 7) is 2.44. The van der Waals surface area contributed by atoms with Crippen LogP contribution in [0.15, 0.2) is 27.4 Å². The van der Waals surface area contributed by atoms with Crippen LogP contribution in [0.2, 0.25) is 0 Å². The van der Waals surface area contributed by atoms with Gasteiger partial charge in [0.2, 0.25) is 5.91 Å². The number of fused-ring (bicyclic) bond motifs is 1. The molecule has 1 aliphatic carbocycles. The topological polar surface area (TPSA) is 89.8 Å². The number of likely N-dealkylation sites (tertiary alicyclic amines) is 1. The summed E-state index contributed by atoms with van der Waals surface area (Å²) in [5, 5.41) is 9.90. The van der Waals surface area contributed by atoms with Crippen LogP contribution < -0.4 is 5.76 Å². The van der Waals surface area contributed by atoms with E-state index >= 15 is 0 Å². The van der Waals surface area contributed by atoms with Gasteiger partial charge < -0.3 is 14.4 Å². The van der Waals surface area contributed by atoms with E-state index in [9.17, 15) is 14.7 Å². The lowest BCUT2D eigenvalue weighted by molar-refractivity contribution is -0.133. The molecule has 7 heteroatoms. The number of amides is 1. The fourth-order valence-electron chi connectivity index (χ4n) is 4.94. The van der Waals surface area contributed by atoms with E-state index in [2.05, 4.69) is 9.88 Å². The normalized spacial score (nSPS) is 22.2. The predicted octanol–water partition coefficient (Wildman–Crippen LogP) is 2.14. The first kappa shape index (κ1) is 20.2. The fourth-order valence-corrected chi connectivity index (χ4v) is 4.94. The number of likely N-dealkylation sites (N-methyl/N-ethyl adjacent to an activating group) is 1. The summed E-state index contributed by atoms with van der Waals surface area (Å²) in [7, 11) is 1.92. The Kier molecular flexibility index (Phi) is 6.06. The number of benzene rings is 1. The van der Waals surface area contributed by atoms with Gasteiger partial charge in [-0.25, -0.2) is 4.79 Å². The van der Waals surface area contributed by atoms with Crippen LogP contribution in [-0.2, 0) is 11.2 Å². The minimum Gasteiger partial charge on any atom is -0.408 e. The second kappa shape index (κ2) is 8.71. The number of aromatic amines is 1. The Balaban J connectivity index is 1.47. The molecular formula is C22H31N3O4. The zero-order chi connectivity index (χ0) is 20.4. The smallest absolute Gasteiger partial charge is 0.408 e. The van der Waals surface area contributed by atoms with Crippen LogP contribution in [-0.4, -0.2) is 64.6 Å². The zero-order valence-corrected chi connectivity index (χ0v) is 17.1. The van der Waals surface area contributed by atoms with Crippen LogP contribution in [0.1, 0.15) is 44.1 Å². The lowest BCUT2D eigenvalue weighted by Gasteiger charge is -2.39. The van der Waals surface area contributed by atoms with Crippen LogP contribution in [0.5, 0.6) is 0 Å². The molecule has 29 heavy (non-hydrogen) atoms. The second-order valence-electron chi connectivity index (χ2n) is 8.69. The maximum atomic E-state index is 13.1. The molecular weight excluding hydrogens is 370 g/mol. The Morgan fingerprint density at radius 1 is 1.31 bits per heavy atom. The highest BCUT2D eigenvalue weighted by molar-refractivity contribution is 5.81. The van der Waals surface area contributed by atoms with Crippen molar-refractivity contribution < 1.29 is 14.3 Å². The molecule has 1 amide bonds. The molecule has 2 atom stereocenters. The summed E-state index contributed by atoms with van der Waals surface area (Å²) in [4.78, 5) is 31.4. The van der Waals surface area contributed by atoms with Gasteiger partial charge in [0.25, 0.3) is 0 Å². The van der Waals surface area contributed by atoms with Crippen molar-refractivity contribution in [3.63, 3.8) is 0 Å². The number of carbonyl (C=O) groups is 1. The molecule has 0 radical (unpaired) electrons. The summed E-state index contributed by atoms with van der Waals surface area (Å²) in [6, 6.07) is 5.57. The lowest BCUT2D eigenvalue weighted by atomic mass is 9.83. The Bertz CT molecular complexity index is 899. The summed E-state index contributed by atoms with van der Waals surface area (Å²) in [5.74, 6) is 0.124. The molecule has 158 valence electrons. The Labute approximate surface area is 170 Å². The van der Waals surface area contributed by atoms with E-state index in [4.69, 9.17) is 4.42 Å². The maximum Gasteiger partial charge on any atom is 0.417 e. The number of oxazole rings is 1. The molecule has 1 aromatic heterocycles. The van der Waals surface area contributed by atoms with Gasteiger partial charge in [-0.3, -0.25) is 14.7 Å². The zero-order valence-electron chi connectivity index (χ0n) is 17.1. The van der Waals surface area contributed by atoms with Gasteiger partial charge in [0.1, 0.15) is 0 Å². The van der Waals surface area contributed by atoms with E-state index < -0.39 is 5.76 Å². The van der Waals surface area contributed by atoms with Crippen LogP contribution in [0.3, 0.4) is 0 Å². The van der Waals surface area contributed by atoms with Crippen LogP contribution in [0.4, 0.5) is 0 Å². The average molecular weight is 402 g/mol. The fraction of sp³-hybridized carbons (Fsp3) is 0.636. The monoisotopic (exact) mass is 401 g/mol. The first-order valence-electron chi connectivity index (χ1n) is 10.8.